The van der Waals surface area contributed by atoms with Gasteiger partial charge in [0.2, 0.25) is 5.91 Å². The molecule has 3 atom stereocenters. The molecule has 1 amide bonds. The summed E-state index contributed by atoms with van der Waals surface area (Å²) in [5.74, 6) is -0.505. The van der Waals surface area contributed by atoms with Gasteiger partial charge in [-0.15, -0.1) is 0 Å². The van der Waals surface area contributed by atoms with Gasteiger partial charge >= 0.3 is 5.97 Å². The number of nitrogens with one attached hydrogen (secondary N) is 1. The highest BCUT2D eigenvalue weighted by Gasteiger charge is 2.24. The van der Waals surface area contributed by atoms with Crippen molar-refractivity contribution in [1.29, 1.82) is 0 Å². The first-order chi connectivity index (χ1) is 29.0. The number of amides is 1. The van der Waals surface area contributed by atoms with E-state index in [-0.39, 0.29) is 24.9 Å². The Bertz CT molecular complexity index is 977. The van der Waals surface area contributed by atoms with Crippen molar-refractivity contribution in [2.24, 2.45) is 0 Å². The molecule has 0 bridgehead atoms. The molecule has 0 aliphatic carbocycles. The first-order valence-corrected chi connectivity index (χ1v) is 25.7. The number of hydrogen-bond donors (Lipinski definition) is 3. The van der Waals surface area contributed by atoms with Gasteiger partial charge in [0.15, 0.2) is 0 Å². The largest absolute Gasteiger partial charge is 0.462 e. The average Bonchev–Trinajstić information content (AvgIpc) is 3.23. The topological polar surface area (TPSA) is 95.9 Å². The number of carbonyl (C=O) groups is 2. The Balaban J connectivity index is 4.56. The van der Waals surface area contributed by atoms with Gasteiger partial charge in [-0.3, -0.25) is 9.59 Å². The quantitative estimate of drug-likeness (QED) is 0.0323. The minimum absolute atomic E-state index is 0.0557. The van der Waals surface area contributed by atoms with Crippen LogP contribution in [0, 0.1) is 0 Å². The maximum Gasteiger partial charge on any atom is 0.306 e. The lowest BCUT2D eigenvalue weighted by molar-refractivity contribution is -0.151. The number of carbonyl (C=O) groups excluding carboxylic acids is 2. The predicted molar refractivity (Wildman–Crippen MR) is 255 cm³/mol. The standard InChI is InChI=1S/C53H99NO5/c1-4-7-10-13-16-19-22-25-27-30-33-36-39-42-45-51(56)50(48-55)54-52(57)47-49(44-41-38-35-32-29-24-21-18-15-12-9-6-3)59-53(58)46-43-40-37-34-31-28-26-23-20-17-14-11-8-5-2/h8,11,17,20,32,35,49-51,55-56H,4-7,9-10,12-16,18-19,21-31,33-34,36-48H2,1-3H3,(H,54,57)/b11-8+,20-17+,35-32-. The van der Waals surface area contributed by atoms with Crippen LogP contribution in [0.5, 0.6) is 0 Å². The molecule has 0 aromatic heterocycles. The Kier molecular flexibility index (Phi) is 45.6. The maximum absolute atomic E-state index is 13.2. The van der Waals surface area contributed by atoms with Crippen LogP contribution in [-0.2, 0) is 14.3 Å². The Morgan fingerprint density at radius 3 is 1.42 bits per heavy atom. The molecular weight excluding hydrogens is 731 g/mol. The molecule has 0 aliphatic rings. The molecule has 0 spiro atoms. The first-order valence-electron chi connectivity index (χ1n) is 25.7. The minimum Gasteiger partial charge on any atom is -0.462 e. The third-order valence-electron chi connectivity index (χ3n) is 11.7. The van der Waals surface area contributed by atoms with Crippen LogP contribution < -0.4 is 5.32 Å². The third kappa shape index (κ3) is 42.6. The highest BCUT2D eigenvalue weighted by molar-refractivity contribution is 5.77. The van der Waals surface area contributed by atoms with Crippen LogP contribution in [0.25, 0.3) is 0 Å². The number of hydrogen-bond acceptors (Lipinski definition) is 5. The Morgan fingerprint density at radius 2 is 0.932 bits per heavy atom. The van der Waals surface area contributed by atoms with Gasteiger partial charge in [-0.2, -0.15) is 0 Å². The van der Waals surface area contributed by atoms with Crippen molar-refractivity contribution in [3.63, 3.8) is 0 Å². The van der Waals surface area contributed by atoms with E-state index in [1.54, 1.807) is 0 Å². The van der Waals surface area contributed by atoms with E-state index in [1.807, 2.05) is 0 Å². The van der Waals surface area contributed by atoms with Gasteiger partial charge in [0.1, 0.15) is 6.10 Å². The summed E-state index contributed by atoms with van der Waals surface area (Å²) >= 11 is 0. The molecule has 0 radical (unpaired) electrons. The third-order valence-corrected chi connectivity index (χ3v) is 11.7. The van der Waals surface area contributed by atoms with Gasteiger partial charge in [0, 0.05) is 6.42 Å². The van der Waals surface area contributed by atoms with Crippen molar-refractivity contribution < 1.29 is 24.5 Å². The molecule has 0 fully saturated rings. The summed E-state index contributed by atoms with van der Waals surface area (Å²) in [6.45, 7) is 6.37. The first kappa shape index (κ1) is 57.1. The molecule has 0 aromatic carbocycles. The highest BCUT2D eigenvalue weighted by atomic mass is 16.5. The molecule has 0 saturated carbocycles. The Hall–Kier alpha value is -1.92. The van der Waals surface area contributed by atoms with E-state index in [9.17, 15) is 19.8 Å². The molecule has 6 heteroatoms. The van der Waals surface area contributed by atoms with Gasteiger partial charge in [0.05, 0.1) is 25.2 Å². The molecule has 0 rings (SSSR count). The summed E-state index contributed by atoms with van der Waals surface area (Å²) in [4.78, 5) is 26.1. The van der Waals surface area contributed by atoms with E-state index in [2.05, 4.69) is 62.5 Å². The van der Waals surface area contributed by atoms with E-state index < -0.39 is 18.2 Å². The van der Waals surface area contributed by atoms with Gasteiger partial charge in [0.25, 0.3) is 0 Å². The maximum atomic E-state index is 13.2. The Morgan fingerprint density at radius 1 is 0.508 bits per heavy atom. The molecular formula is C53H99NO5. The van der Waals surface area contributed by atoms with Crippen LogP contribution in [0.3, 0.4) is 0 Å². The normalized spacial score (nSPS) is 13.5. The van der Waals surface area contributed by atoms with Crippen LogP contribution in [0.1, 0.15) is 265 Å². The second kappa shape index (κ2) is 47.1. The van der Waals surface area contributed by atoms with Crippen molar-refractivity contribution in [2.75, 3.05) is 6.61 Å². The van der Waals surface area contributed by atoms with Crippen molar-refractivity contribution in [3.05, 3.63) is 36.5 Å². The van der Waals surface area contributed by atoms with E-state index in [0.717, 1.165) is 77.0 Å². The van der Waals surface area contributed by atoms with Crippen molar-refractivity contribution in [3.8, 4) is 0 Å². The van der Waals surface area contributed by atoms with Crippen molar-refractivity contribution >= 4 is 11.9 Å². The zero-order valence-corrected chi connectivity index (χ0v) is 39.4. The number of aliphatic hydroxyl groups is 2. The fraction of sp³-hybridized carbons (Fsp3) is 0.849. The Labute approximate surface area is 366 Å². The molecule has 0 aromatic rings. The second-order valence-corrected chi connectivity index (χ2v) is 17.5. The van der Waals surface area contributed by atoms with E-state index in [0.29, 0.717) is 19.3 Å². The predicted octanol–water partition coefficient (Wildman–Crippen LogP) is 15.3. The molecule has 3 N–H and O–H groups in total. The fourth-order valence-corrected chi connectivity index (χ4v) is 7.82. The van der Waals surface area contributed by atoms with Gasteiger partial charge < -0.3 is 20.3 Å². The van der Waals surface area contributed by atoms with Crippen LogP contribution in [0.4, 0.5) is 0 Å². The lowest BCUT2D eigenvalue weighted by Crippen LogP contribution is -2.46. The summed E-state index contributed by atoms with van der Waals surface area (Å²) in [5, 5.41) is 23.8. The molecule has 0 saturated heterocycles. The lowest BCUT2D eigenvalue weighted by atomic mass is 10.0. The average molecular weight is 830 g/mol. The molecule has 6 nitrogen and oxygen atoms in total. The second-order valence-electron chi connectivity index (χ2n) is 17.5. The van der Waals surface area contributed by atoms with Gasteiger partial charge in [-0.25, -0.2) is 0 Å². The van der Waals surface area contributed by atoms with E-state index >= 15 is 0 Å². The molecule has 0 aliphatic heterocycles. The van der Waals surface area contributed by atoms with E-state index in [1.165, 1.54) is 141 Å². The van der Waals surface area contributed by atoms with Crippen LogP contribution in [0.15, 0.2) is 36.5 Å². The number of ether oxygens (including phenoxy) is 1. The molecule has 346 valence electrons. The van der Waals surface area contributed by atoms with Gasteiger partial charge in [-0.05, 0) is 70.6 Å². The van der Waals surface area contributed by atoms with Crippen LogP contribution in [-0.4, -0.2) is 46.9 Å². The molecule has 3 unspecified atom stereocenters. The van der Waals surface area contributed by atoms with Crippen molar-refractivity contribution in [1.82, 2.24) is 5.32 Å². The number of unbranched alkanes of at least 4 members (excludes halogenated alkanes) is 28. The number of esters is 1. The lowest BCUT2D eigenvalue weighted by Gasteiger charge is -2.24. The fourth-order valence-electron chi connectivity index (χ4n) is 7.82. The van der Waals surface area contributed by atoms with Crippen LogP contribution in [0.2, 0.25) is 0 Å². The number of allylic oxidation sites excluding steroid dienone is 6. The minimum atomic E-state index is -0.793. The monoisotopic (exact) mass is 830 g/mol. The number of rotatable bonds is 46. The van der Waals surface area contributed by atoms with Crippen molar-refractivity contribution in [2.45, 2.75) is 283 Å². The number of aliphatic hydroxyl groups excluding tert-OH is 2. The summed E-state index contributed by atoms with van der Waals surface area (Å²) in [7, 11) is 0. The smallest absolute Gasteiger partial charge is 0.306 e. The van der Waals surface area contributed by atoms with Gasteiger partial charge in [-0.1, -0.05) is 218 Å². The summed E-state index contributed by atoms with van der Waals surface area (Å²) in [6.07, 6.45) is 54.9. The summed E-state index contributed by atoms with van der Waals surface area (Å²) in [5.41, 5.74) is 0. The summed E-state index contributed by atoms with van der Waals surface area (Å²) < 4.78 is 5.91. The zero-order chi connectivity index (χ0) is 43.1. The molecule has 59 heavy (non-hydrogen) atoms. The highest BCUT2D eigenvalue weighted by Crippen LogP contribution is 2.17. The van der Waals surface area contributed by atoms with Crippen LogP contribution >= 0.6 is 0 Å². The summed E-state index contributed by atoms with van der Waals surface area (Å²) in [6, 6.07) is -0.708. The molecule has 0 heterocycles. The zero-order valence-electron chi connectivity index (χ0n) is 39.4. The SMILES string of the molecule is CC/C=C/C/C=C/CCCCCCCCCC(=O)OC(CCC/C=C\CCCCCCCCC)CC(=O)NC(CO)C(O)CCCCCCCCCCCCCCCC. The van der Waals surface area contributed by atoms with E-state index in [4.69, 9.17) is 4.74 Å².